The zero-order valence-electron chi connectivity index (χ0n) is 10.6. The van der Waals surface area contributed by atoms with Crippen LogP contribution in [0.3, 0.4) is 0 Å². The molecule has 0 spiro atoms. The van der Waals surface area contributed by atoms with Gasteiger partial charge in [-0.2, -0.15) is 0 Å². The topological polar surface area (TPSA) is 68.7 Å². The number of pyridine rings is 1. The Morgan fingerprint density at radius 2 is 2.00 bits per heavy atom. The van der Waals surface area contributed by atoms with Crippen LogP contribution in [0.15, 0.2) is 36.5 Å². The number of carboxylic acids is 1. The summed E-state index contributed by atoms with van der Waals surface area (Å²) < 4.78 is 10.8. The highest BCUT2D eigenvalue weighted by molar-refractivity contribution is 5.88. The van der Waals surface area contributed by atoms with Crippen LogP contribution in [-0.2, 0) is 0 Å². The van der Waals surface area contributed by atoms with Gasteiger partial charge in [-0.3, -0.25) is 0 Å². The molecule has 1 N–H and O–H groups in total. The number of methoxy groups -OCH3 is 1. The molecule has 0 amide bonds. The number of rotatable bonds is 4. The molecule has 0 unspecified atom stereocenters. The lowest BCUT2D eigenvalue weighted by molar-refractivity contribution is 0.0687. The standard InChI is InChI=1S/C14H13NO4/c1-9-5-6-10(12(8-9)18-2)19-11-4-3-7-15-13(11)14(16)17/h3-8H,1-2H3,(H,16,17). The van der Waals surface area contributed by atoms with Crippen LogP contribution >= 0.6 is 0 Å². The molecule has 19 heavy (non-hydrogen) atoms. The number of hydrogen-bond acceptors (Lipinski definition) is 4. The van der Waals surface area contributed by atoms with Crippen molar-refractivity contribution in [3.8, 4) is 17.2 Å². The van der Waals surface area contributed by atoms with Crippen molar-refractivity contribution in [3.05, 3.63) is 47.8 Å². The third-order valence-electron chi connectivity index (χ3n) is 2.51. The molecule has 0 aliphatic heterocycles. The van der Waals surface area contributed by atoms with E-state index in [9.17, 15) is 4.79 Å². The fraction of sp³-hybridized carbons (Fsp3) is 0.143. The van der Waals surface area contributed by atoms with Gasteiger partial charge in [-0.05, 0) is 36.8 Å². The summed E-state index contributed by atoms with van der Waals surface area (Å²) in [5, 5.41) is 9.04. The van der Waals surface area contributed by atoms with Gasteiger partial charge in [0, 0.05) is 6.20 Å². The highest BCUT2D eigenvalue weighted by Crippen LogP contribution is 2.33. The van der Waals surface area contributed by atoms with Crippen molar-refractivity contribution in [2.24, 2.45) is 0 Å². The highest BCUT2D eigenvalue weighted by Gasteiger charge is 2.14. The lowest BCUT2D eigenvalue weighted by Crippen LogP contribution is -2.03. The van der Waals surface area contributed by atoms with Crippen LogP contribution in [0, 0.1) is 6.92 Å². The SMILES string of the molecule is COc1cc(C)ccc1Oc1cccnc1C(=O)O. The molecule has 0 bridgehead atoms. The number of hydrogen-bond donors (Lipinski definition) is 1. The summed E-state index contributed by atoms with van der Waals surface area (Å²) in [6.45, 7) is 1.93. The first-order chi connectivity index (χ1) is 9.11. The zero-order chi connectivity index (χ0) is 13.8. The minimum atomic E-state index is -1.14. The van der Waals surface area contributed by atoms with Crippen LogP contribution in [0.2, 0.25) is 0 Å². The minimum absolute atomic E-state index is 0.134. The Kier molecular flexibility index (Phi) is 3.66. The van der Waals surface area contributed by atoms with E-state index in [0.717, 1.165) is 5.56 Å². The molecule has 1 aromatic heterocycles. The van der Waals surface area contributed by atoms with Gasteiger partial charge in [0.15, 0.2) is 22.9 Å². The maximum absolute atomic E-state index is 11.0. The summed E-state index contributed by atoms with van der Waals surface area (Å²) in [6.07, 6.45) is 1.41. The maximum Gasteiger partial charge on any atom is 0.358 e. The van der Waals surface area contributed by atoms with Gasteiger partial charge in [-0.1, -0.05) is 6.07 Å². The first-order valence-corrected chi connectivity index (χ1v) is 5.62. The lowest BCUT2D eigenvalue weighted by atomic mass is 10.2. The fourth-order valence-corrected chi connectivity index (χ4v) is 1.61. The molecule has 5 heteroatoms. The Balaban J connectivity index is 2.39. The Morgan fingerprint density at radius 3 is 2.68 bits per heavy atom. The van der Waals surface area contributed by atoms with Crippen molar-refractivity contribution >= 4 is 5.97 Å². The second-order valence-electron chi connectivity index (χ2n) is 3.91. The summed E-state index contributed by atoms with van der Waals surface area (Å²) in [7, 11) is 1.53. The van der Waals surface area contributed by atoms with Gasteiger partial charge in [-0.25, -0.2) is 9.78 Å². The first-order valence-electron chi connectivity index (χ1n) is 5.62. The van der Waals surface area contributed by atoms with Crippen molar-refractivity contribution in [1.82, 2.24) is 4.98 Å². The number of aromatic nitrogens is 1. The number of benzene rings is 1. The van der Waals surface area contributed by atoms with Crippen LogP contribution < -0.4 is 9.47 Å². The largest absolute Gasteiger partial charge is 0.493 e. The van der Waals surface area contributed by atoms with Crippen LogP contribution in [0.1, 0.15) is 16.1 Å². The quantitative estimate of drug-likeness (QED) is 0.914. The number of nitrogens with zero attached hydrogens (tertiary/aromatic N) is 1. The molecule has 98 valence electrons. The minimum Gasteiger partial charge on any atom is -0.493 e. The highest BCUT2D eigenvalue weighted by atomic mass is 16.5. The van der Waals surface area contributed by atoms with Crippen LogP contribution in [0.25, 0.3) is 0 Å². The normalized spacial score (nSPS) is 10.0. The number of aryl methyl sites for hydroxylation is 1. The fourth-order valence-electron chi connectivity index (χ4n) is 1.61. The Hall–Kier alpha value is -2.56. The van der Waals surface area contributed by atoms with E-state index in [2.05, 4.69) is 4.98 Å². The van der Waals surface area contributed by atoms with Gasteiger partial charge < -0.3 is 14.6 Å². The maximum atomic E-state index is 11.0. The molecule has 0 aliphatic rings. The van der Waals surface area contributed by atoms with E-state index in [0.29, 0.717) is 11.5 Å². The van der Waals surface area contributed by atoms with Gasteiger partial charge in [-0.15, -0.1) is 0 Å². The predicted molar refractivity (Wildman–Crippen MR) is 69.0 cm³/mol. The first kappa shape index (κ1) is 12.9. The van der Waals surface area contributed by atoms with Crippen molar-refractivity contribution in [2.75, 3.05) is 7.11 Å². The summed E-state index contributed by atoms with van der Waals surface area (Å²) in [5.74, 6) is 0.0302. The molecule has 1 aromatic carbocycles. The summed E-state index contributed by atoms with van der Waals surface area (Å²) in [6, 6.07) is 8.56. The van der Waals surface area contributed by atoms with Gasteiger partial charge in [0.2, 0.25) is 0 Å². The number of ether oxygens (including phenoxy) is 2. The molecule has 0 atom stereocenters. The molecular weight excluding hydrogens is 246 g/mol. The number of carboxylic acid groups (broad SMARTS) is 1. The monoisotopic (exact) mass is 259 g/mol. The Bertz CT molecular complexity index is 610. The average molecular weight is 259 g/mol. The van der Waals surface area contributed by atoms with E-state index in [1.807, 2.05) is 19.1 Å². The van der Waals surface area contributed by atoms with E-state index < -0.39 is 5.97 Å². The molecule has 0 saturated heterocycles. The molecule has 2 aromatic rings. The second-order valence-corrected chi connectivity index (χ2v) is 3.91. The van der Waals surface area contributed by atoms with E-state index >= 15 is 0 Å². The summed E-state index contributed by atoms with van der Waals surface area (Å²) >= 11 is 0. The second kappa shape index (κ2) is 5.39. The molecule has 0 radical (unpaired) electrons. The molecule has 1 heterocycles. The average Bonchev–Trinajstić information content (AvgIpc) is 2.41. The van der Waals surface area contributed by atoms with Gasteiger partial charge in [0.1, 0.15) is 0 Å². The van der Waals surface area contributed by atoms with Crippen LogP contribution in [0.5, 0.6) is 17.2 Å². The van der Waals surface area contributed by atoms with Crippen molar-refractivity contribution in [3.63, 3.8) is 0 Å². The van der Waals surface area contributed by atoms with Gasteiger partial charge in [0.25, 0.3) is 0 Å². The lowest BCUT2D eigenvalue weighted by Gasteiger charge is -2.11. The zero-order valence-corrected chi connectivity index (χ0v) is 10.6. The van der Waals surface area contributed by atoms with Crippen LogP contribution in [0.4, 0.5) is 0 Å². The van der Waals surface area contributed by atoms with E-state index in [-0.39, 0.29) is 11.4 Å². The van der Waals surface area contributed by atoms with Crippen molar-refractivity contribution in [1.29, 1.82) is 0 Å². The summed E-state index contributed by atoms with van der Waals surface area (Å²) in [5.41, 5.74) is 0.888. The molecule has 5 nitrogen and oxygen atoms in total. The molecule has 2 rings (SSSR count). The molecule has 0 aliphatic carbocycles. The molecule has 0 saturated carbocycles. The third kappa shape index (κ3) is 2.82. The Labute approximate surface area is 110 Å². The van der Waals surface area contributed by atoms with E-state index in [4.69, 9.17) is 14.6 Å². The van der Waals surface area contributed by atoms with Crippen molar-refractivity contribution < 1.29 is 19.4 Å². The van der Waals surface area contributed by atoms with E-state index in [1.54, 1.807) is 18.2 Å². The predicted octanol–water partition coefficient (Wildman–Crippen LogP) is 2.89. The number of carbonyl (C=O) groups is 1. The van der Waals surface area contributed by atoms with Crippen molar-refractivity contribution in [2.45, 2.75) is 6.92 Å². The number of aromatic carboxylic acids is 1. The third-order valence-corrected chi connectivity index (χ3v) is 2.51. The van der Waals surface area contributed by atoms with Crippen LogP contribution in [-0.4, -0.2) is 23.2 Å². The van der Waals surface area contributed by atoms with Gasteiger partial charge in [0.05, 0.1) is 7.11 Å². The molecular formula is C14H13NO4. The Morgan fingerprint density at radius 1 is 1.21 bits per heavy atom. The molecule has 0 fully saturated rings. The summed E-state index contributed by atoms with van der Waals surface area (Å²) in [4.78, 5) is 14.8. The smallest absolute Gasteiger partial charge is 0.358 e. The van der Waals surface area contributed by atoms with E-state index in [1.165, 1.54) is 13.3 Å². The van der Waals surface area contributed by atoms with Gasteiger partial charge >= 0.3 is 5.97 Å².